The Balaban J connectivity index is 1.63. The number of hydrogen-bond acceptors (Lipinski definition) is 5. The fourth-order valence-electron chi connectivity index (χ4n) is 5.42. The molecule has 1 spiro atoms. The number of halogens is 1. The van der Waals surface area contributed by atoms with Crippen molar-refractivity contribution in [3.63, 3.8) is 0 Å². The van der Waals surface area contributed by atoms with E-state index in [0.717, 1.165) is 5.56 Å². The van der Waals surface area contributed by atoms with Gasteiger partial charge < -0.3 is 20.6 Å². The molecular weight excluding hydrogens is 494 g/mol. The Bertz CT molecular complexity index is 908. The molecule has 3 fully saturated rings. The number of benzene rings is 1. The SMILES string of the molecule is CC(C)(C)NC(=O)C1N(CCO)C(=O)[C@@H]2[C@H](C(=O)NCc3ccccc3)[C@H]3SC12CC3Br. The van der Waals surface area contributed by atoms with Gasteiger partial charge in [-0.2, -0.15) is 0 Å². The van der Waals surface area contributed by atoms with Crippen LogP contribution in [0.15, 0.2) is 30.3 Å². The topological polar surface area (TPSA) is 98.7 Å². The number of aliphatic hydroxyl groups is 1. The minimum Gasteiger partial charge on any atom is -0.395 e. The Labute approximate surface area is 201 Å². The molecule has 4 rings (SSSR count). The number of nitrogens with zero attached hydrogens (tertiary/aromatic N) is 1. The first-order chi connectivity index (χ1) is 15.1. The molecule has 7 nitrogen and oxygen atoms in total. The van der Waals surface area contributed by atoms with Crippen LogP contribution in [0.3, 0.4) is 0 Å². The van der Waals surface area contributed by atoms with Crippen LogP contribution in [0, 0.1) is 11.8 Å². The second kappa shape index (κ2) is 8.65. The lowest BCUT2D eigenvalue weighted by molar-refractivity contribution is -0.140. The summed E-state index contributed by atoms with van der Waals surface area (Å²) in [4.78, 5) is 41.8. The van der Waals surface area contributed by atoms with E-state index < -0.39 is 28.2 Å². The van der Waals surface area contributed by atoms with Gasteiger partial charge in [0.25, 0.3) is 0 Å². The van der Waals surface area contributed by atoms with Crippen molar-refractivity contribution in [1.82, 2.24) is 15.5 Å². The van der Waals surface area contributed by atoms with E-state index in [1.807, 2.05) is 51.1 Å². The predicted octanol–water partition coefficient (Wildman–Crippen LogP) is 1.67. The summed E-state index contributed by atoms with van der Waals surface area (Å²) in [5.41, 5.74) is 0.533. The smallest absolute Gasteiger partial charge is 0.244 e. The lowest BCUT2D eigenvalue weighted by Gasteiger charge is -2.36. The highest BCUT2D eigenvalue weighted by Gasteiger charge is 2.75. The first kappa shape index (κ1) is 23.6. The molecule has 9 heteroatoms. The number of nitrogens with one attached hydrogen (secondary N) is 2. The number of carbonyl (C=O) groups excluding carboxylic acids is 3. The summed E-state index contributed by atoms with van der Waals surface area (Å²) < 4.78 is -0.685. The molecule has 3 N–H and O–H groups in total. The summed E-state index contributed by atoms with van der Waals surface area (Å²) in [5.74, 6) is -1.69. The summed E-state index contributed by atoms with van der Waals surface area (Å²) in [7, 11) is 0. The van der Waals surface area contributed by atoms with Crippen molar-refractivity contribution in [2.24, 2.45) is 11.8 Å². The van der Waals surface area contributed by atoms with Crippen LogP contribution in [0.4, 0.5) is 0 Å². The predicted molar refractivity (Wildman–Crippen MR) is 127 cm³/mol. The molecule has 32 heavy (non-hydrogen) atoms. The molecule has 0 radical (unpaired) electrons. The van der Waals surface area contributed by atoms with Crippen molar-refractivity contribution in [2.75, 3.05) is 13.2 Å². The van der Waals surface area contributed by atoms with Gasteiger partial charge in [-0.05, 0) is 32.8 Å². The molecule has 6 atom stereocenters. The molecule has 3 unspecified atom stereocenters. The van der Waals surface area contributed by atoms with E-state index in [9.17, 15) is 19.5 Å². The summed E-state index contributed by atoms with van der Waals surface area (Å²) in [6.45, 7) is 5.95. The summed E-state index contributed by atoms with van der Waals surface area (Å²) >= 11 is 5.34. The van der Waals surface area contributed by atoms with Crippen LogP contribution in [0.25, 0.3) is 0 Å². The van der Waals surface area contributed by atoms with Crippen LogP contribution >= 0.6 is 27.7 Å². The number of rotatable bonds is 6. The number of aliphatic hydroxyl groups excluding tert-OH is 1. The zero-order valence-corrected chi connectivity index (χ0v) is 20.9. The number of alkyl halides is 1. The number of thioether (sulfide) groups is 1. The van der Waals surface area contributed by atoms with Gasteiger partial charge in [-0.1, -0.05) is 46.3 Å². The molecule has 3 aliphatic rings. The van der Waals surface area contributed by atoms with Crippen molar-refractivity contribution in [3.8, 4) is 0 Å². The van der Waals surface area contributed by atoms with Crippen LogP contribution < -0.4 is 10.6 Å². The van der Waals surface area contributed by atoms with E-state index in [1.54, 1.807) is 11.8 Å². The Morgan fingerprint density at radius 1 is 1.25 bits per heavy atom. The van der Waals surface area contributed by atoms with Gasteiger partial charge in [0.1, 0.15) is 6.04 Å². The monoisotopic (exact) mass is 523 g/mol. The van der Waals surface area contributed by atoms with Crippen molar-refractivity contribution >= 4 is 45.4 Å². The first-order valence-corrected chi connectivity index (χ1v) is 12.8. The molecular formula is C23H30BrN3O4S. The first-order valence-electron chi connectivity index (χ1n) is 11.0. The molecule has 3 saturated heterocycles. The maximum atomic E-state index is 13.6. The largest absolute Gasteiger partial charge is 0.395 e. The molecule has 3 aliphatic heterocycles. The van der Waals surface area contributed by atoms with Crippen LogP contribution in [0.1, 0.15) is 32.8 Å². The minimum absolute atomic E-state index is 0.0306. The standard InChI is InChI=1S/C23H30BrN3O4S/c1-22(2,3)26-20(30)18-23-11-14(24)17(32-23)15(16(23)21(31)27(18)9-10-28)19(29)25-12-13-7-5-4-6-8-13/h4-8,14-18,28H,9-12H2,1-3H3,(H,25,29)(H,26,30)/t14?,15-,16-,17-,18?,23?/m0/s1. The third-order valence-corrected chi connectivity index (χ3v) is 9.71. The zero-order chi connectivity index (χ0) is 23.3. The average molecular weight is 524 g/mol. The van der Waals surface area contributed by atoms with E-state index in [0.29, 0.717) is 13.0 Å². The second-order valence-corrected chi connectivity index (χ2v) is 12.6. The lowest BCUT2D eigenvalue weighted by atomic mass is 9.70. The van der Waals surface area contributed by atoms with Crippen molar-refractivity contribution in [3.05, 3.63) is 35.9 Å². The molecule has 2 bridgehead atoms. The highest BCUT2D eigenvalue weighted by atomic mass is 79.9. The van der Waals surface area contributed by atoms with E-state index in [2.05, 4.69) is 26.6 Å². The molecule has 0 aromatic heterocycles. The number of hydrogen-bond donors (Lipinski definition) is 3. The lowest BCUT2D eigenvalue weighted by Crippen LogP contribution is -2.57. The van der Waals surface area contributed by atoms with E-state index in [1.165, 1.54) is 4.90 Å². The van der Waals surface area contributed by atoms with Gasteiger partial charge in [0.15, 0.2) is 0 Å². The number of fused-ring (bicyclic) bond motifs is 1. The molecule has 174 valence electrons. The maximum absolute atomic E-state index is 13.6. The Hall–Kier alpha value is -1.58. The van der Waals surface area contributed by atoms with Gasteiger partial charge in [0.2, 0.25) is 17.7 Å². The van der Waals surface area contributed by atoms with Gasteiger partial charge in [-0.3, -0.25) is 14.4 Å². The number of amides is 3. The summed E-state index contributed by atoms with van der Waals surface area (Å²) in [6.07, 6.45) is 0.630. The Kier molecular flexibility index (Phi) is 6.37. The molecule has 0 aliphatic carbocycles. The second-order valence-electron chi connectivity index (χ2n) is 9.86. The van der Waals surface area contributed by atoms with Crippen molar-refractivity contribution in [1.29, 1.82) is 0 Å². The van der Waals surface area contributed by atoms with Crippen LogP contribution in [0.2, 0.25) is 0 Å². The maximum Gasteiger partial charge on any atom is 0.244 e. The van der Waals surface area contributed by atoms with Crippen LogP contribution in [-0.4, -0.2) is 67.3 Å². The summed E-state index contributed by atoms with van der Waals surface area (Å²) in [5, 5.41) is 15.6. The number of β-amino-alcohol motifs (C(OH)–C–C–N with tert-alkyl or cyclic N) is 1. The van der Waals surface area contributed by atoms with Gasteiger partial charge in [-0.25, -0.2) is 0 Å². The fraction of sp³-hybridized carbons (Fsp3) is 0.609. The van der Waals surface area contributed by atoms with Gasteiger partial charge in [-0.15, -0.1) is 11.8 Å². The van der Waals surface area contributed by atoms with E-state index in [4.69, 9.17) is 0 Å². The van der Waals surface area contributed by atoms with Crippen molar-refractivity contribution < 1.29 is 19.5 Å². The molecule has 0 saturated carbocycles. The van der Waals surface area contributed by atoms with E-state index in [-0.39, 0.29) is 41.0 Å². The molecule has 1 aromatic rings. The Morgan fingerprint density at radius 3 is 2.56 bits per heavy atom. The fourth-order valence-corrected chi connectivity index (χ4v) is 9.03. The third kappa shape index (κ3) is 3.96. The molecule has 3 heterocycles. The van der Waals surface area contributed by atoms with Crippen LogP contribution in [0.5, 0.6) is 0 Å². The number of likely N-dealkylation sites (tertiary alicyclic amines) is 1. The highest BCUT2D eigenvalue weighted by molar-refractivity contribution is 9.09. The molecule has 1 aromatic carbocycles. The quantitative estimate of drug-likeness (QED) is 0.492. The third-order valence-electron chi connectivity index (χ3n) is 6.49. The minimum atomic E-state index is -0.714. The highest BCUT2D eigenvalue weighted by Crippen LogP contribution is 2.67. The molecule has 3 amide bonds. The normalized spacial score (nSPS) is 33.3. The van der Waals surface area contributed by atoms with Gasteiger partial charge in [0, 0.05) is 28.7 Å². The zero-order valence-electron chi connectivity index (χ0n) is 18.5. The number of carbonyl (C=O) groups is 3. The Morgan fingerprint density at radius 2 is 1.94 bits per heavy atom. The summed E-state index contributed by atoms with van der Waals surface area (Å²) in [6, 6.07) is 8.94. The van der Waals surface area contributed by atoms with Gasteiger partial charge >= 0.3 is 0 Å². The van der Waals surface area contributed by atoms with E-state index >= 15 is 0 Å². The van der Waals surface area contributed by atoms with Gasteiger partial charge in [0.05, 0.1) is 23.2 Å². The van der Waals surface area contributed by atoms with Crippen molar-refractivity contribution in [2.45, 2.75) is 60.1 Å². The average Bonchev–Trinajstić information content (AvgIpc) is 3.30. The van der Waals surface area contributed by atoms with Crippen LogP contribution in [-0.2, 0) is 20.9 Å².